The zero-order valence-corrected chi connectivity index (χ0v) is 29.1. The molecule has 0 unspecified atom stereocenters. The van der Waals surface area contributed by atoms with Crippen molar-refractivity contribution >= 4 is 23.8 Å². The summed E-state index contributed by atoms with van der Waals surface area (Å²) < 4.78 is 0. The molecule has 0 saturated carbocycles. The second-order valence-electron chi connectivity index (χ2n) is 11.2. The number of hydrogen-bond donors (Lipinski definition) is 0. The summed E-state index contributed by atoms with van der Waals surface area (Å²) in [7, 11) is 0.787. The first-order valence-corrected chi connectivity index (χ1v) is 17.4. The van der Waals surface area contributed by atoms with Crippen molar-refractivity contribution in [2.45, 2.75) is 176 Å². The van der Waals surface area contributed by atoms with Crippen molar-refractivity contribution in [1.82, 2.24) is 0 Å². The molecule has 0 heterocycles. The van der Waals surface area contributed by atoms with E-state index < -0.39 is 0 Å². The zero-order valence-electron chi connectivity index (χ0n) is 24.9. The van der Waals surface area contributed by atoms with Gasteiger partial charge in [-0.1, -0.05) is 148 Å². The van der Waals surface area contributed by atoms with E-state index in [-0.39, 0.29) is 44.2 Å². The maximum absolute atomic E-state index is 2.35. The quantitative estimate of drug-likeness (QED) is 0.186. The summed E-state index contributed by atoms with van der Waals surface area (Å²) in [6.07, 6.45) is 0. The van der Waals surface area contributed by atoms with Crippen molar-refractivity contribution in [1.29, 1.82) is 0 Å². The topological polar surface area (TPSA) is 0 Å². The third-order valence-corrected chi connectivity index (χ3v) is 16.1. The molecule has 0 aliphatic rings. The minimum atomic E-state index is 0. The summed E-state index contributed by atoms with van der Waals surface area (Å²) >= 11 is 0. The molecule has 0 spiro atoms. The van der Waals surface area contributed by atoms with Crippen LogP contribution in [0.15, 0.2) is 0 Å². The molecule has 0 aromatic rings. The Kier molecular flexibility index (Phi) is 27.5. The fraction of sp³-hybridized carbons (Fsp3) is 1.00. The first-order valence-electron chi connectivity index (χ1n) is 12.7. The largest absolute Gasteiger partial charge is 0.0988 e. The molecule has 31 heavy (non-hydrogen) atoms. The van der Waals surface area contributed by atoms with E-state index in [1.165, 1.54) is 0 Å². The predicted molar refractivity (Wildman–Crippen MR) is 157 cm³/mol. The molecule has 0 aromatic carbocycles. The molecule has 0 saturated heterocycles. The van der Waals surface area contributed by atoms with Gasteiger partial charge in [0.25, 0.3) is 0 Å². The molecular weight excluding hydrogens is 524 g/mol. The van der Waals surface area contributed by atoms with E-state index in [0.717, 1.165) is 50.9 Å². The van der Waals surface area contributed by atoms with Gasteiger partial charge >= 0.3 is 0 Å². The van der Waals surface area contributed by atoms with Crippen LogP contribution in [0, 0.1) is 0 Å². The molecule has 0 rings (SSSR count). The molecule has 0 fully saturated rings. The average Bonchev–Trinajstić information content (AvgIpc) is 2.43. The van der Waals surface area contributed by atoms with Crippen molar-refractivity contribution in [2.75, 3.05) is 0 Å². The van der Waals surface area contributed by atoms with E-state index in [4.69, 9.17) is 0 Å². The molecular formula is C27H63P3Pd. The van der Waals surface area contributed by atoms with Crippen LogP contribution < -0.4 is 0 Å². The van der Waals surface area contributed by atoms with Crippen LogP contribution >= 0.6 is 23.8 Å². The van der Waals surface area contributed by atoms with Crippen molar-refractivity contribution in [3.8, 4) is 0 Å². The Balaban J connectivity index is -0.000000174. The third-order valence-electron chi connectivity index (χ3n) is 5.37. The van der Waals surface area contributed by atoms with Gasteiger partial charge in [0.05, 0.1) is 0 Å². The Labute approximate surface area is 219 Å². The molecule has 4 heteroatoms. The van der Waals surface area contributed by atoms with Gasteiger partial charge in [-0.25, -0.2) is 0 Å². The second-order valence-corrected chi connectivity index (χ2v) is 23.2. The van der Waals surface area contributed by atoms with Crippen molar-refractivity contribution < 1.29 is 20.4 Å². The Bertz CT molecular complexity index is 261. The summed E-state index contributed by atoms with van der Waals surface area (Å²) in [6, 6.07) is 0. The Morgan fingerprint density at radius 2 is 0.290 bits per heavy atom. The first kappa shape index (κ1) is 40.1. The summed E-state index contributed by atoms with van der Waals surface area (Å²) in [5.41, 5.74) is 8.08. The predicted octanol–water partition coefficient (Wildman–Crippen LogP) is 11.1. The first-order chi connectivity index (χ1) is 13.4. The maximum atomic E-state index is 2.35. The van der Waals surface area contributed by atoms with Crippen LogP contribution in [0.1, 0.15) is 125 Å². The monoisotopic (exact) mass is 586 g/mol. The average molecular weight is 587 g/mol. The van der Waals surface area contributed by atoms with E-state index >= 15 is 0 Å². The molecule has 196 valence electrons. The van der Waals surface area contributed by atoms with Gasteiger partial charge in [-0.3, -0.25) is 0 Å². The van der Waals surface area contributed by atoms with Crippen LogP contribution in [0.25, 0.3) is 0 Å². The Hall–Kier alpha value is 1.95. The van der Waals surface area contributed by atoms with Gasteiger partial charge in [0.2, 0.25) is 0 Å². The van der Waals surface area contributed by atoms with Crippen LogP contribution in [0.3, 0.4) is 0 Å². The van der Waals surface area contributed by atoms with Gasteiger partial charge in [-0.05, 0) is 50.9 Å². The van der Waals surface area contributed by atoms with Gasteiger partial charge in [0.15, 0.2) is 0 Å². The smallest absolute Gasteiger partial charge is 0 e. The van der Waals surface area contributed by atoms with Crippen molar-refractivity contribution in [3.63, 3.8) is 0 Å². The SMILES string of the molecule is CC(C)P(C(C)C)C(C)C.CC(C)P(C(C)C)C(C)C.CC(C)P(C(C)C)C(C)C.[Pd]. The molecule has 0 aromatic heterocycles. The van der Waals surface area contributed by atoms with E-state index in [2.05, 4.69) is 125 Å². The third kappa shape index (κ3) is 19.9. The molecule has 0 amide bonds. The van der Waals surface area contributed by atoms with Crippen LogP contribution in [0.5, 0.6) is 0 Å². The summed E-state index contributed by atoms with van der Waals surface area (Å²) in [5, 5.41) is 0. The molecule has 0 atom stereocenters. The van der Waals surface area contributed by atoms with Crippen LogP contribution in [0.2, 0.25) is 0 Å². The van der Waals surface area contributed by atoms with Crippen molar-refractivity contribution in [3.05, 3.63) is 0 Å². The number of rotatable bonds is 9. The molecule has 0 aliphatic heterocycles. The maximum Gasteiger partial charge on any atom is 0 e. The van der Waals surface area contributed by atoms with E-state index in [1.807, 2.05) is 0 Å². The minimum Gasteiger partial charge on any atom is -0.0988 e. The van der Waals surface area contributed by atoms with Gasteiger partial charge < -0.3 is 0 Å². The van der Waals surface area contributed by atoms with Gasteiger partial charge in [0.1, 0.15) is 0 Å². The molecule has 0 radical (unpaired) electrons. The molecule has 0 bridgehead atoms. The van der Waals surface area contributed by atoms with E-state index in [1.54, 1.807) is 0 Å². The van der Waals surface area contributed by atoms with Gasteiger partial charge in [-0.15, -0.1) is 0 Å². The van der Waals surface area contributed by atoms with Crippen LogP contribution in [0.4, 0.5) is 0 Å². The zero-order chi connectivity index (χ0) is 24.9. The van der Waals surface area contributed by atoms with Gasteiger partial charge in [0, 0.05) is 20.4 Å². The normalized spacial score (nSPS) is 12.2. The Morgan fingerprint density at radius 1 is 0.226 bits per heavy atom. The van der Waals surface area contributed by atoms with Gasteiger partial charge in [-0.2, -0.15) is 0 Å². The molecule has 0 aliphatic carbocycles. The summed E-state index contributed by atoms with van der Waals surface area (Å²) in [4.78, 5) is 0. The number of hydrogen-bond acceptors (Lipinski definition) is 0. The standard InChI is InChI=1S/3C9H21P.Pd/c3*1-7(2)10(8(3)4)9(5)6;/h3*7-9H,1-6H3;. The Morgan fingerprint density at radius 3 is 0.290 bits per heavy atom. The molecule has 0 nitrogen and oxygen atoms in total. The minimum absolute atomic E-state index is 0. The fourth-order valence-electron chi connectivity index (χ4n) is 5.37. The second kappa shape index (κ2) is 21.3. The fourth-order valence-corrected chi connectivity index (χ4v) is 16.1. The molecule has 0 N–H and O–H groups in total. The summed E-state index contributed by atoms with van der Waals surface area (Å²) in [6.45, 7) is 42.4. The van der Waals surface area contributed by atoms with Crippen LogP contribution in [-0.2, 0) is 20.4 Å². The van der Waals surface area contributed by atoms with Crippen molar-refractivity contribution in [2.24, 2.45) is 0 Å². The summed E-state index contributed by atoms with van der Waals surface area (Å²) in [5.74, 6) is 0. The van der Waals surface area contributed by atoms with Crippen LogP contribution in [-0.4, -0.2) is 50.9 Å². The van der Waals surface area contributed by atoms with E-state index in [9.17, 15) is 0 Å². The van der Waals surface area contributed by atoms with E-state index in [0.29, 0.717) is 0 Å².